The van der Waals surface area contributed by atoms with E-state index in [2.05, 4.69) is 52.4 Å². The maximum atomic E-state index is 12.3. The zero-order valence-electron chi connectivity index (χ0n) is 15.9. The molecule has 0 atom stereocenters. The van der Waals surface area contributed by atoms with E-state index in [1.807, 2.05) is 43.3 Å². The number of H-pyrrole nitrogens is 1. The summed E-state index contributed by atoms with van der Waals surface area (Å²) in [7, 11) is 0. The predicted molar refractivity (Wildman–Crippen MR) is 124 cm³/mol. The number of hydrazone groups is 1. The van der Waals surface area contributed by atoms with Crippen molar-refractivity contribution < 1.29 is 4.74 Å². The second kappa shape index (κ2) is 10.2. The van der Waals surface area contributed by atoms with Crippen LogP contribution in [0.2, 0.25) is 0 Å². The van der Waals surface area contributed by atoms with Gasteiger partial charge in [0.15, 0.2) is 0 Å². The van der Waals surface area contributed by atoms with Crippen LogP contribution in [-0.4, -0.2) is 22.8 Å². The van der Waals surface area contributed by atoms with Crippen molar-refractivity contribution in [3.8, 4) is 23.1 Å². The maximum Gasteiger partial charge on any atom is 0.270 e. The molecule has 30 heavy (non-hydrogen) atoms. The van der Waals surface area contributed by atoms with Crippen LogP contribution in [0.5, 0.6) is 5.75 Å². The zero-order valence-corrected chi connectivity index (χ0v) is 19.1. The van der Waals surface area contributed by atoms with E-state index in [4.69, 9.17) is 4.74 Å². The number of hydrogen-bond donors (Lipinski definition) is 2. The minimum Gasteiger partial charge on any atom is -0.492 e. The number of nitriles is 1. The van der Waals surface area contributed by atoms with Crippen LogP contribution >= 0.6 is 31.9 Å². The molecule has 0 aliphatic heterocycles. The Morgan fingerprint density at radius 3 is 2.77 bits per heavy atom. The number of nitrogens with zero attached hydrogens (tertiary/aromatic N) is 3. The summed E-state index contributed by atoms with van der Waals surface area (Å²) in [5, 5.41) is 13.5. The van der Waals surface area contributed by atoms with Crippen LogP contribution in [0.15, 0.2) is 61.3 Å². The highest BCUT2D eigenvalue weighted by Crippen LogP contribution is 2.32. The first-order valence-corrected chi connectivity index (χ1v) is 10.6. The number of benzene rings is 2. The first-order chi connectivity index (χ1) is 14.5. The fourth-order valence-electron chi connectivity index (χ4n) is 2.63. The molecule has 0 spiro atoms. The van der Waals surface area contributed by atoms with Gasteiger partial charge in [-0.05, 0) is 34.5 Å². The third-order valence-electron chi connectivity index (χ3n) is 3.94. The Balaban J connectivity index is 1.92. The van der Waals surface area contributed by atoms with Crippen molar-refractivity contribution in [3.05, 3.63) is 72.9 Å². The molecule has 1 heterocycles. The van der Waals surface area contributed by atoms with Gasteiger partial charge in [-0.3, -0.25) is 9.78 Å². The number of rotatable bonds is 7. The lowest BCUT2D eigenvalue weighted by Crippen LogP contribution is -2.16. The Hall–Kier alpha value is -2.96. The van der Waals surface area contributed by atoms with Crippen LogP contribution in [0.3, 0.4) is 0 Å². The molecule has 0 bridgehead atoms. The maximum absolute atomic E-state index is 12.3. The van der Waals surface area contributed by atoms with Crippen LogP contribution in [0, 0.1) is 11.3 Å². The third-order valence-corrected chi connectivity index (χ3v) is 4.99. The Morgan fingerprint density at radius 2 is 2.07 bits per heavy atom. The fourth-order valence-corrected chi connectivity index (χ4v) is 4.00. The molecule has 0 amide bonds. The lowest BCUT2D eigenvalue weighted by Gasteiger charge is -2.11. The molecule has 1 aromatic heterocycles. The second-order valence-corrected chi connectivity index (χ2v) is 7.91. The average molecular weight is 531 g/mol. The summed E-state index contributed by atoms with van der Waals surface area (Å²) in [6.07, 6.45) is 2.44. The van der Waals surface area contributed by atoms with E-state index >= 15 is 0 Å². The Kier molecular flexibility index (Phi) is 7.38. The van der Waals surface area contributed by atoms with Crippen molar-refractivity contribution in [2.24, 2.45) is 5.10 Å². The molecule has 0 unspecified atom stereocenters. The monoisotopic (exact) mass is 529 g/mol. The predicted octanol–water partition coefficient (Wildman–Crippen LogP) is 5.07. The van der Waals surface area contributed by atoms with Gasteiger partial charge in [-0.2, -0.15) is 10.4 Å². The zero-order chi connectivity index (χ0) is 21.5. The number of aromatic nitrogens is 2. The van der Waals surface area contributed by atoms with Gasteiger partial charge in [-0.1, -0.05) is 53.2 Å². The molecule has 0 fully saturated rings. The highest BCUT2D eigenvalue weighted by atomic mass is 79.9. The molecule has 2 N–H and O–H groups in total. The highest BCUT2D eigenvalue weighted by molar-refractivity contribution is 9.11. The van der Waals surface area contributed by atoms with Crippen molar-refractivity contribution in [2.75, 3.05) is 12.0 Å². The smallest absolute Gasteiger partial charge is 0.270 e. The van der Waals surface area contributed by atoms with Crippen LogP contribution in [0.4, 0.5) is 5.95 Å². The van der Waals surface area contributed by atoms with Crippen molar-refractivity contribution >= 4 is 44.0 Å². The number of anilines is 1. The topological polar surface area (TPSA) is 103 Å². The van der Waals surface area contributed by atoms with Gasteiger partial charge in [0.05, 0.1) is 23.0 Å². The van der Waals surface area contributed by atoms with Crippen molar-refractivity contribution in [1.82, 2.24) is 9.97 Å². The van der Waals surface area contributed by atoms with E-state index in [9.17, 15) is 10.1 Å². The largest absolute Gasteiger partial charge is 0.492 e. The third kappa shape index (κ3) is 5.14. The lowest BCUT2D eigenvalue weighted by molar-refractivity contribution is 0.315. The first-order valence-electron chi connectivity index (χ1n) is 9.04. The average Bonchev–Trinajstić information content (AvgIpc) is 2.73. The summed E-state index contributed by atoms with van der Waals surface area (Å²) in [5.41, 5.74) is 3.82. The van der Waals surface area contributed by atoms with Gasteiger partial charge in [0, 0.05) is 15.6 Å². The molecule has 9 heteroatoms. The Bertz CT molecular complexity index is 1170. The number of nitrogens with one attached hydrogen (secondary N) is 2. The van der Waals surface area contributed by atoms with Gasteiger partial charge in [0.1, 0.15) is 17.4 Å². The van der Waals surface area contributed by atoms with E-state index < -0.39 is 5.56 Å². The summed E-state index contributed by atoms with van der Waals surface area (Å²) in [6.45, 7) is 2.60. The molecule has 2 aromatic carbocycles. The van der Waals surface area contributed by atoms with Crippen molar-refractivity contribution in [1.29, 1.82) is 5.26 Å². The van der Waals surface area contributed by atoms with Gasteiger partial charge in [-0.15, -0.1) is 0 Å². The number of ether oxygens (including phenoxy) is 1. The summed E-state index contributed by atoms with van der Waals surface area (Å²) in [6, 6.07) is 14.7. The van der Waals surface area contributed by atoms with Crippen LogP contribution in [-0.2, 0) is 0 Å². The molecule has 0 aliphatic carbocycles. The molecule has 0 radical (unpaired) electrons. The van der Waals surface area contributed by atoms with Gasteiger partial charge < -0.3 is 4.74 Å². The first kappa shape index (κ1) is 21.7. The SMILES string of the molecule is CCCOc1c(Br)cc(Br)cc1C=NNc1nc(-c2ccccc2)c(C#N)c(=O)[nH]1. The van der Waals surface area contributed by atoms with Gasteiger partial charge in [0.25, 0.3) is 5.56 Å². The summed E-state index contributed by atoms with van der Waals surface area (Å²) in [5.74, 6) is 0.788. The van der Waals surface area contributed by atoms with Crippen LogP contribution < -0.4 is 15.7 Å². The molecule has 0 saturated heterocycles. The van der Waals surface area contributed by atoms with E-state index in [1.54, 1.807) is 18.3 Å². The summed E-state index contributed by atoms with van der Waals surface area (Å²) >= 11 is 6.95. The normalized spacial score (nSPS) is 10.7. The van der Waals surface area contributed by atoms with Crippen molar-refractivity contribution in [3.63, 3.8) is 0 Å². The minimum absolute atomic E-state index is 0.0538. The minimum atomic E-state index is -0.541. The standard InChI is InChI=1S/C21H17Br2N5O2/c1-2-8-30-19-14(9-15(22)10-17(19)23)12-25-28-21-26-18(13-6-4-3-5-7-13)16(11-24)20(29)27-21/h3-7,9-10,12H,2,8H2,1H3,(H2,26,27,28,29). The Labute approximate surface area is 190 Å². The molecule has 7 nitrogen and oxygen atoms in total. The van der Waals surface area contributed by atoms with E-state index in [0.717, 1.165) is 20.9 Å². The summed E-state index contributed by atoms with van der Waals surface area (Å²) < 4.78 is 7.46. The molecule has 152 valence electrons. The second-order valence-electron chi connectivity index (χ2n) is 6.14. The van der Waals surface area contributed by atoms with E-state index in [-0.39, 0.29) is 17.2 Å². The van der Waals surface area contributed by atoms with Crippen LogP contribution in [0.25, 0.3) is 11.3 Å². The van der Waals surface area contributed by atoms with Crippen LogP contribution in [0.1, 0.15) is 24.5 Å². The molecule has 0 aliphatic rings. The number of halogens is 2. The molecular formula is C21H17Br2N5O2. The molecule has 0 saturated carbocycles. The lowest BCUT2D eigenvalue weighted by atomic mass is 10.1. The van der Waals surface area contributed by atoms with E-state index in [1.165, 1.54) is 0 Å². The number of aromatic amines is 1. The number of hydrogen-bond acceptors (Lipinski definition) is 6. The molecule has 3 aromatic rings. The van der Waals surface area contributed by atoms with E-state index in [0.29, 0.717) is 17.9 Å². The summed E-state index contributed by atoms with van der Waals surface area (Å²) in [4.78, 5) is 19.2. The Morgan fingerprint density at radius 1 is 1.30 bits per heavy atom. The van der Waals surface area contributed by atoms with Crippen molar-refractivity contribution in [2.45, 2.75) is 13.3 Å². The van der Waals surface area contributed by atoms with Gasteiger partial charge in [-0.25, -0.2) is 10.4 Å². The quantitative estimate of drug-likeness (QED) is 0.328. The highest BCUT2D eigenvalue weighted by Gasteiger charge is 2.13. The molecular weight excluding hydrogens is 514 g/mol. The van der Waals surface area contributed by atoms with Gasteiger partial charge in [0.2, 0.25) is 5.95 Å². The fraction of sp³-hybridized carbons (Fsp3) is 0.143. The molecule has 3 rings (SSSR count). The van der Waals surface area contributed by atoms with Gasteiger partial charge >= 0.3 is 0 Å².